The summed E-state index contributed by atoms with van der Waals surface area (Å²) < 4.78 is 45.9. The van der Waals surface area contributed by atoms with Crippen molar-refractivity contribution in [1.82, 2.24) is 30.4 Å². The average Bonchev–Trinajstić information content (AvgIpc) is 3.98. The summed E-state index contributed by atoms with van der Waals surface area (Å²) >= 11 is 0. The smallest absolute Gasteiger partial charge is 0.408 e. The highest BCUT2D eigenvalue weighted by molar-refractivity contribution is 7.91. The van der Waals surface area contributed by atoms with Crippen molar-refractivity contribution in [3.8, 4) is 17.0 Å². The first-order valence-electron chi connectivity index (χ1n) is 19.4. The first-order chi connectivity index (χ1) is 26.6. The Morgan fingerprint density at radius 1 is 1.11 bits per heavy atom. The molecule has 3 fully saturated rings. The summed E-state index contributed by atoms with van der Waals surface area (Å²) in [5.41, 5.74) is -0.551. The summed E-state index contributed by atoms with van der Waals surface area (Å²) in [6.45, 7) is 17.8. The first-order valence-corrected chi connectivity index (χ1v) is 20.9. The van der Waals surface area contributed by atoms with Crippen molar-refractivity contribution in [2.75, 3.05) is 6.54 Å². The first kappa shape index (κ1) is 41.6. The standard InChI is InChI=1S/C41H54N6O9S/c1-10-17-40(18-19-40)57(52,53)46-36(50)41(22-26(41)11-2)44-34(48)29-20-27(23-47(29)35(49)33(38(4,5)6)43-37(51)55-39(7,8)9)54-30-21-28(25-15-13-12-14-16-25)42-31-24(3)45-56-32(30)31/h11-16,21,26-27,29,33H,2,10,17-20,22-23H2,1,3-9H3,(H,43,51)(H,44,48)(H,46,50)/t26-,27-,29+,33-,41-/m1/s1. The molecule has 5 atom stereocenters. The number of nitrogens with zero attached hydrogens (tertiary/aromatic N) is 3. The number of aryl methyl sites for hydroxylation is 1. The van der Waals surface area contributed by atoms with Gasteiger partial charge in [-0.1, -0.05) is 75.7 Å². The molecular weight excluding hydrogens is 753 g/mol. The van der Waals surface area contributed by atoms with E-state index in [1.807, 2.05) is 37.3 Å². The number of nitrogens with one attached hydrogen (secondary N) is 3. The second kappa shape index (κ2) is 15.1. The van der Waals surface area contributed by atoms with Crippen molar-refractivity contribution < 1.29 is 41.6 Å². The van der Waals surface area contributed by atoms with E-state index < -0.39 is 79.2 Å². The Labute approximate surface area is 333 Å². The Bertz CT molecular complexity index is 2170. The molecule has 3 aliphatic rings. The summed E-state index contributed by atoms with van der Waals surface area (Å²) in [5, 5.41) is 9.65. The summed E-state index contributed by atoms with van der Waals surface area (Å²) in [4.78, 5) is 62.2. The van der Waals surface area contributed by atoms with E-state index in [1.165, 1.54) is 11.0 Å². The van der Waals surface area contributed by atoms with Crippen LogP contribution in [-0.2, 0) is 29.1 Å². The van der Waals surface area contributed by atoms with Gasteiger partial charge in [0.1, 0.15) is 40.5 Å². The van der Waals surface area contributed by atoms with Gasteiger partial charge in [-0.15, -0.1) is 6.58 Å². The van der Waals surface area contributed by atoms with Crippen LogP contribution in [0.5, 0.6) is 5.75 Å². The molecule has 0 unspecified atom stereocenters. The third-order valence-corrected chi connectivity index (χ3v) is 13.1. The van der Waals surface area contributed by atoms with E-state index in [4.69, 9.17) is 19.0 Å². The summed E-state index contributed by atoms with van der Waals surface area (Å²) in [6, 6.07) is 8.85. The van der Waals surface area contributed by atoms with Gasteiger partial charge in [-0.3, -0.25) is 19.1 Å². The number of fused-ring (bicyclic) bond motifs is 1. The minimum absolute atomic E-state index is 0.0210. The molecule has 57 heavy (non-hydrogen) atoms. The van der Waals surface area contributed by atoms with Crippen LogP contribution in [0, 0.1) is 18.3 Å². The number of hydrogen-bond donors (Lipinski definition) is 3. The van der Waals surface area contributed by atoms with E-state index in [9.17, 15) is 27.6 Å². The lowest BCUT2D eigenvalue weighted by Crippen LogP contribution is -2.60. The fourth-order valence-electron chi connectivity index (χ4n) is 7.55. The molecule has 3 heterocycles. The van der Waals surface area contributed by atoms with E-state index in [0.29, 0.717) is 48.3 Å². The zero-order valence-corrected chi connectivity index (χ0v) is 34.7. The van der Waals surface area contributed by atoms with Crippen LogP contribution in [0.2, 0.25) is 0 Å². The number of likely N-dealkylation sites (tertiary alicyclic amines) is 1. The zero-order chi connectivity index (χ0) is 41.7. The third-order valence-electron chi connectivity index (χ3n) is 10.9. The van der Waals surface area contributed by atoms with Gasteiger partial charge in [0.2, 0.25) is 27.4 Å². The molecule has 4 amide bonds. The van der Waals surface area contributed by atoms with Crippen molar-refractivity contribution >= 4 is 44.9 Å². The molecule has 1 aliphatic heterocycles. The number of carbonyl (C=O) groups excluding carboxylic acids is 4. The molecule has 2 aliphatic carbocycles. The molecule has 1 aromatic carbocycles. The van der Waals surface area contributed by atoms with Gasteiger partial charge < -0.3 is 29.5 Å². The number of hydrogen-bond acceptors (Lipinski definition) is 11. The lowest BCUT2D eigenvalue weighted by Gasteiger charge is -2.36. The number of alkyl carbamates (subject to hydrolysis) is 1. The van der Waals surface area contributed by atoms with Crippen molar-refractivity contribution in [2.24, 2.45) is 11.3 Å². The number of ether oxygens (including phenoxy) is 2. The second-order valence-corrected chi connectivity index (χ2v) is 19.7. The van der Waals surface area contributed by atoms with Crippen LogP contribution in [0.3, 0.4) is 0 Å². The molecule has 16 heteroatoms. The van der Waals surface area contributed by atoms with Crippen molar-refractivity contribution in [1.29, 1.82) is 0 Å². The molecule has 2 saturated carbocycles. The number of rotatable bonds is 13. The zero-order valence-electron chi connectivity index (χ0n) is 33.9. The van der Waals surface area contributed by atoms with Crippen molar-refractivity contribution in [3.05, 3.63) is 54.7 Å². The Morgan fingerprint density at radius 3 is 2.37 bits per heavy atom. The number of benzene rings is 1. The molecule has 2 aromatic heterocycles. The van der Waals surface area contributed by atoms with E-state index >= 15 is 0 Å². The molecule has 0 bridgehead atoms. The minimum atomic E-state index is -4.04. The molecule has 3 N–H and O–H groups in total. The SMILES string of the molecule is C=C[C@@H]1C[C@]1(NC(=O)[C@@H]1C[C@@H](Oc2cc(-c3ccccc3)nc3c(C)noc23)CN1C(=O)[C@@H](NC(=O)OC(C)(C)C)C(C)(C)C)C(=O)NS(=O)(=O)C1(CCC)CC1. The number of amides is 4. The topological polar surface area (TPSA) is 199 Å². The number of sulfonamides is 1. The Hall–Kier alpha value is -4.99. The second-order valence-electron chi connectivity index (χ2n) is 17.6. The highest BCUT2D eigenvalue weighted by Gasteiger charge is 2.63. The minimum Gasteiger partial charge on any atom is -0.484 e. The van der Waals surface area contributed by atoms with E-state index in [1.54, 1.807) is 54.5 Å². The monoisotopic (exact) mass is 806 g/mol. The Kier molecular flexibility index (Phi) is 11.0. The molecule has 0 radical (unpaired) electrons. The maximum atomic E-state index is 14.7. The Morgan fingerprint density at radius 2 is 1.79 bits per heavy atom. The molecule has 0 spiro atoms. The molecule has 3 aromatic rings. The van der Waals surface area contributed by atoms with Gasteiger partial charge in [0.15, 0.2) is 5.75 Å². The van der Waals surface area contributed by atoms with Gasteiger partial charge >= 0.3 is 6.09 Å². The van der Waals surface area contributed by atoms with Gasteiger partial charge in [-0.05, 0) is 58.8 Å². The molecule has 15 nitrogen and oxygen atoms in total. The lowest BCUT2D eigenvalue weighted by molar-refractivity contribution is -0.143. The molecule has 1 saturated heterocycles. The lowest BCUT2D eigenvalue weighted by atomic mass is 9.85. The third kappa shape index (κ3) is 8.51. The quantitative estimate of drug-likeness (QED) is 0.189. The van der Waals surface area contributed by atoms with Crippen LogP contribution in [0.1, 0.15) is 92.7 Å². The van der Waals surface area contributed by atoms with Gasteiger partial charge in [0.05, 0.1) is 17.0 Å². The van der Waals surface area contributed by atoms with Crippen LogP contribution in [0.25, 0.3) is 22.4 Å². The normalized spacial score (nSPS) is 23.3. The summed E-state index contributed by atoms with van der Waals surface area (Å²) in [7, 11) is -4.04. The van der Waals surface area contributed by atoms with E-state index in [2.05, 4.69) is 27.1 Å². The average molecular weight is 807 g/mol. The van der Waals surface area contributed by atoms with Crippen LogP contribution in [0.4, 0.5) is 4.79 Å². The predicted molar refractivity (Wildman–Crippen MR) is 212 cm³/mol. The molecule has 308 valence electrons. The maximum absolute atomic E-state index is 14.7. The fraction of sp³-hybridized carbons (Fsp3) is 0.561. The molecular formula is C41H54N6O9S. The summed E-state index contributed by atoms with van der Waals surface area (Å²) in [5.74, 6) is -2.37. The summed E-state index contributed by atoms with van der Waals surface area (Å²) in [6.07, 6.45) is 1.96. The number of carbonyl (C=O) groups is 4. The van der Waals surface area contributed by atoms with E-state index in [0.717, 1.165) is 5.56 Å². The van der Waals surface area contributed by atoms with Crippen molar-refractivity contribution in [3.63, 3.8) is 0 Å². The van der Waals surface area contributed by atoms with Gasteiger partial charge in [-0.25, -0.2) is 18.2 Å². The van der Waals surface area contributed by atoms with Crippen LogP contribution >= 0.6 is 0 Å². The van der Waals surface area contributed by atoms with E-state index in [-0.39, 0.29) is 25.0 Å². The van der Waals surface area contributed by atoms with Crippen LogP contribution < -0.4 is 20.1 Å². The number of aromatic nitrogens is 2. The van der Waals surface area contributed by atoms with Gasteiger partial charge in [-0.2, -0.15) is 0 Å². The van der Waals surface area contributed by atoms with Crippen LogP contribution in [0.15, 0.2) is 53.6 Å². The highest BCUT2D eigenvalue weighted by Crippen LogP contribution is 2.49. The number of pyridine rings is 1. The molecule has 6 rings (SSSR count). The van der Waals surface area contributed by atoms with Crippen molar-refractivity contribution in [2.45, 2.75) is 128 Å². The fourth-order valence-corrected chi connectivity index (χ4v) is 9.30. The van der Waals surface area contributed by atoms with Gasteiger partial charge in [0.25, 0.3) is 5.91 Å². The Balaban J connectivity index is 1.32. The highest BCUT2D eigenvalue weighted by atomic mass is 32.2. The largest absolute Gasteiger partial charge is 0.484 e. The maximum Gasteiger partial charge on any atom is 0.408 e. The predicted octanol–water partition coefficient (Wildman–Crippen LogP) is 5.33. The van der Waals surface area contributed by atoms with Gasteiger partial charge in [0, 0.05) is 24.0 Å². The van der Waals surface area contributed by atoms with Crippen LogP contribution in [-0.4, -0.2) is 87.9 Å².